The van der Waals surface area contributed by atoms with E-state index in [0.29, 0.717) is 12.1 Å². The number of ether oxygens (including phenoxy) is 1. The zero-order valence-electron chi connectivity index (χ0n) is 17.5. The molecule has 0 N–H and O–H groups in total. The quantitative estimate of drug-likeness (QED) is 0.551. The van der Waals surface area contributed by atoms with E-state index < -0.39 is 0 Å². The van der Waals surface area contributed by atoms with Gasteiger partial charge in [0, 0.05) is 31.7 Å². The number of anilines is 1. The number of carbonyl (C=O) groups is 1. The van der Waals surface area contributed by atoms with Crippen molar-refractivity contribution in [2.75, 3.05) is 44.3 Å². The monoisotopic (exact) mass is 445 g/mol. The van der Waals surface area contributed by atoms with Gasteiger partial charge in [-0.25, -0.2) is 4.98 Å². The van der Waals surface area contributed by atoms with Crippen molar-refractivity contribution in [2.45, 2.75) is 20.3 Å². The van der Waals surface area contributed by atoms with Gasteiger partial charge >= 0.3 is 0 Å². The fourth-order valence-corrected chi connectivity index (χ4v) is 4.72. The molecule has 5 nitrogen and oxygen atoms in total. The summed E-state index contributed by atoms with van der Waals surface area (Å²) in [6.45, 7) is 9.23. The van der Waals surface area contributed by atoms with Crippen LogP contribution in [0.25, 0.3) is 10.2 Å². The Morgan fingerprint density at radius 3 is 2.67 bits per heavy atom. The van der Waals surface area contributed by atoms with Gasteiger partial charge in [0.15, 0.2) is 5.13 Å². The molecule has 0 atom stereocenters. The summed E-state index contributed by atoms with van der Waals surface area (Å²) >= 11 is 1.59. The molecule has 1 aliphatic rings. The Labute approximate surface area is 188 Å². The second-order valence-corrected chi connectivity index (χ2v) is 8.61. The summed E-state index contributed by atoms with van der Waals surface area (Å²) in [5.41, 5.74) is 3.96. The summed E-state index contributed by atoms with van der Waals surface area (Å²) in [4.78, 5) is 22.4. The van der Waals surface area contributed by atoms with E-state index in [1.807, 2.05) is 42.2 Å². The molecule has 30 heavy (non-hydrogen) atoms. The van der Waals surface area contributed by atoms with Crippen LogP contribution in [-0.2, 0) is 4.74 Å². The Bertz CT molecular complexity index is 1000. The van der Waals surface area contributed by atoms with Gasteiger partial charge in [0.1, 0.15) is 0 Å². The topological polar surface area (TPSA) is 45.7 Å². The second kappa shape index (κ2) is 10.4. The predicted molar refractivity (Wildman–Crippen MR) is 126 cm³/mol. The number of thiazole rings is 1. The number of aromatic nitrogens is 1. The largest absolute Gasteiger partial charge is 0.379 e. The molecule has 1 fully saturated rings. The highest BCUT2D eigenvalue weighted by atomic mass is 35.5. The summed E-state index contributed by atoms with van der Waals surface area (Å²) in [6.07, 6.45) is 0.909. The van der Waals surface area contributed by atoms with Gasteiger partial charge in [-0.15, -0.1) is 12.4 Å². The number of benzene rings is 2. The third-order valence-corrected chi connectivity index (χ3v) is 6.27. The Kier molecular flexibility index (Phi) is 7.83. The van der Waals surface area contributed by atoms with Crippen LogP contribution in [0.2, 0.25) is 0 Å². The number of morpholine rings is 1. The molecule has 0 bridgehead atoms. The third-order valence-electron chi connectivity index (χ3n) is 5.23. The van der Waals surface area contributed by atoms with E-state index in [2.05, 4.69) is 24.0 Å². The molecular formula is C23H28ClN3O2S. The first-order valence-corrected chi connectivity index (χ1v) is 11.0. The van der Waals surface area contributed by atoms with E-state index >= 15 is 0 Å². The lowest BCUT2D eigenvalue weighted by Crippen LogP contribution is -2.39. The van der Waals surface area contributed by atoms with E-state index in [-0.39, 0.29) is 18.3 Å². The van der Waals surface area contributed by atoms with Crippen LogP contribution in [0.5, 0.6) is 0 Å². The lowest BCUT2D eigenvalue weighted by molar-refractivity contribution is 0.0376. The predicted octanol–water partition coefficient (Wildman–Crippen LogP) is 4.70. The Morgan fingerprint density at radius 1 is 1.13 bits per heavy atom. The molecule has 1 aliphatic heterocycles. The summed E-state index contributed by atoms with van der Waals surface area (Å²) in [5.74, 6) is 0.0199. The number of nitrogens with zero attached hydrogens (tertiary/aromatic N) is 3. The van der Waals surface area contributed by atoms with Crippen LogP contribution < -0.4 is 4.90 Å². The van der Waals surface area contributed by atoms with Gasteiger partial charge in [-0.2, -0.15) is 0 Å². The van der Waals surface area contributed by atoms with Crippen LogP contribution in [0.4, 0.5) is 5.13 Å². The van der Waals surface area contributed by atoms with E-state index in [0.717, 1.165) is 60.2 Å². The molecule has 4 rings (SSSR count). The van der Waals surface area contributed by atoms with Crippen molar-refractivity contribution in [2.24, 2.45) is 0 Å². The van der Waals surface area contributed by atoms with Gasteiger partial charge < -0.3 is 4.74 Å². The van der Waals surface area contributed by atoms with Crippen LogP contribution in [0.3, 0.4) is 0 Å². The average molecular weight is 446 g/mol. The summed E-state index contributed by atoms with van der Waals surface area (Å²) in [5, 5.41) is 0.777. The number of hydrogen-bond donors (Lipinski definition) is 0. The maximum Gasteiger partial charge on any atom is 0.260 e. The number of carbonyl (C=O) groups excluding carboxylic acids is 1. The molecule has 0 saturated carbocycles. The van der Waals surface area contributed by atoms with Gasteiger partial charge in [0.25, 0.3) is 5.91 Å². The molecule has 2 heterocycles. The lowest BCUT2D eigenvalue weighted by atomic mass is 10.1. The highest BCUT2D eigenvalue weighted by Gasteiger charge is 2.22. The smallest absolute Gasteiger partial charge is 0.260 e. The third kappa shape index (κ3) is 5.38. The molecule has 0 radical (unpaired) electrons. The molecule has 0 aliphatic carbocycles. The lowest BCUT2D eigenvalue weighted by Gasteiger charge is -2.27. The van der Waals surface area contributed by atoms with Crippen molar-refractivity contribution >= 4 is 45.0 Å². The summed E-state index contributed by atoms with van der Waals surface area (Å²) in [6, 6.07) is 14.0. The SMILES string of the molecule is Cc1cccc(C(=O)N(CCCN2CCOCC2)c2nc3ccc(C)cc3s2)c1.Cl. The maximum absolute atomic E-state index is 13.4. The van der Waals surface area contributed by atoms with Crippen molar-refractivity contribution in [3.8, 4) is 0 Å². The molecule has 1 saturated heterocycles. The van der Waals surface area contributed by atoms with E-state index in [1.54, 1.807) is 11.3 Å². The van der Waals surface area contributed by atoms with Crippen molar-refractivity contribution < 1.29 is 9.53 Å². The van der Waals surface area contributed by atoms with Gasteiger partial charge in [-0.3, -0.25) is 14.6 Å². The fourth-order valence-electron chi connectivity index (χ4n) is 3.63. The molecule has 3 aromatic rings. The van der Waals surface area contributed by atoms with Crippen molar-refractivity contribution in [3.63, 3.8) is 0 Å². The average Bonchev–Trinajstić information content (AvgIpc) is 3.14. The number of aryl methyl sites for hydroxylation is 2. The number of amides is 1. The normalized spacial score (nSPS) is 14.5. The minimum atomic E-state index is 0. The van der Waals surface area contributed by atoms with Crippen LogP contribution in [0, 0.1) is 13.8 Å². The summed E-state index contributed by atoms with van der Waals surface area (Å²) < 4.78 is 6.55. The highest BCUT2D eigenvalue weighted by molar-refractivity contribution is 7.22. The molecule has 7 heteroatoms. The van der Waals surface area contributed by atoms with Crippen LogP contribution in [-0.4, -0.2) is 55.2 Å². The number of halogens is 1. The fraction of sp³-hybridized carbons (Fsp3) is 0.391. The van der Waals surface area contributed by atoms with E-state index in [1.165, 1.54) is 5.56 Å². The van der Waals surface area contributed by atoms with Crippen molar-refractivity contribution in [1.82, 2.24) is 9.88 Å². The van der Waals surface area contributed by atoms with Crippen LogP contribution in [0.15, 0.2) is 42.5 Å². The highest BCUT2D eigenvalue weighted by Crippen LogP contribution is 2.30. The van der Waals surface area contributed by atoms with Crippen molar-refractivity contribution in [3.05, 3.63) is 59.2 Å². The zero-order valence-corrected chi connectivity index (χ0v) is 19.1. The van der Waals surface area contributed by atoms with E-state index in [4.69, 9.17) is 9.72 Å². The van der Waals surface area contributed by atoms with Gasteiger partial charge in [0.2, 0.25) is 0 Å². The molecular weight excluding hydrogens is 418 g/mol. The molecule has 160 valence electrons. The maximum atomic E-state index is 13.4. The Hall–Kier alpha value is -1.99. The first kappa shape index (κ1) is 22.7. The number of rotatable bonds is 6. The number of hydrogen-bond acceptors (Lipinski definition) is 5. The first-order chi connectivity index (χ1) is 14.1. The molecule has 0 spiro atoms. The Morgan fingerprint density at radius 2 is 1.90 bits per heavy atom. The Balaban J connectivity index is 0.00000256. The number of fused-ring (bicyclic) bond motifs is 1. The second-order valence-electron chi connectivity index (χ2n) is 7.60. The first-order valence-electron chi connectivity index (χ1n) is 10.2. The summed E-state index contributed by atoms with van der Waals surface area (Å²) in [7, 11) is 0. The van der Waals surface area contributed by atoms with Crippen LogP contribution in [0.1, 0.15) is 27.9 Å². The van der Waals surface area contributed by atoms with Gasteiger partial charge in [-0.05, 0) is 50.1 Å². The minimum Gasteiger partial charge on any atom is -0.379 e. The zero-order chi connectivity index (χ0) is 20.2. The molecule has 0 unspecified atom stereocenters. The van der Waals surface area contributed by atoms with Crippen LogP contribution >= 0.6 is 23.7 Å². The molecule has 1 aromatic heterocycles. The van der Waals surface area contributed by atoms with Gasteiger partial charge in [0.05, 0.1) is 23.4 Å². The van der Waals surface area contributed by atoms with Crippen molar-refractivity contribution in [1.29, 1.82) is 0 Å². The molecule has 1 amide bonds. The van der Waals surface area contributed by atoms with E-state index in [9.17, 15) is 4.79 Å². The molecule has 2 aromatic carbocycles. The standard InChI is InChI=1S/C23H27N3O2S.ClH/c1-17-5-3-6-19(15-17)22(27)26(10-4-9-25-11-13-28-14-12-25)23-24-20-8-7-18(2)16-21(20)29-23;/h3,5-8,15-16H,4,9-14H2,1-2H3;1H. The van der Waals surface area contributed by atoms with Gasteiger partial charge in [-0.1, -0.05) is 35.1 Å². The minimum absolute atomic E-state index is 0.